The fraction of sp³-hybridized carbons (Fsp3) is 0.944. The molecule has 5 nitrogen and oxygen atoms in total. The number of amides is 1. The molecule has 1 amide bonds. The summed E-state index contributed by atoms with van der Waals surface area (Å²) in [4.78, 5) is 12.3. The molecule has 0 aromatic carbocycles. The van der Waals surface area contributed by atoms with E-state index in [2.05, 4.69) is 28.2 Å². The monoisotopic (exact) mass is 374 g/mol. The van der Waals surface area contributed by atoms with Gasteiger partial charge in [-0.05, 0) is 63.8 Å². The van der Waals surface area contributed by atoms with Crippen LogP contribution < -0.4 is 21.3 Å². The number of hydrogen-bond acceptors (Lipinski definition) is 4. The van der Waals surface area contributed by atoms with Crippen molar-refractivity contribution >= 4 is 17.5 Å². The largest absolute Gasteiger partial charge is 0.339 e. The normalized spacial score (nSPS) is 42.8. The molecule has 2 aliphatic heterocycles. The number of carbonyl (C=O) groups is 1. The van der Waals surface area contributed by atoms with Gasteiger partial charge >= 0.3 is 0 Å². The van der Waals surface area contributed by atoms with Crippen molar-refractivity contribution in [2.75, 3.05) is 19.6 Å². The fourth-order valence-electron chi connectivity index (χ4n) is 4.33. The lowest BCUT2D eigenvalue weighted by Gasteiger charge is -2.36. The zero-order valence-corrected chi connectivity index (χ0v) is 15.8. The zero-order valence-electron chi connectivity index (χ0n) is 15.1. The Bertz CT molecular complexity index is 439. The van der Waals surface area contributed by atoms with Crippen LogP contribution in [0.5, 0.6) is 0 Å². The van der Waals surface area contributed by atoms with Crippen LogP contribution in [-0.2, 0) is 4.79 Å². The number of hydrogen-bond donors (Lipinski definition) is 4. The van der Waals surface area contributed by atoms with Gasteiger partial charge in [0.1, 0.15) is 6.17 Å². The molecular formula is C18H32ClFN4O. The fourth-order valence-corrected chi connectivity index (χ4v) is 4.70. The number of halogens is 2. The van der Waals surface area contributed by atoms with Gasteiger partial charge in [0.2, 0.25) is 5.91 Å². The van der Waals surface area contributed by atoms with Gasteiger partial charge in [-0.1, -0.05) is 0 Å². The highest BCUT2D eigenvalue weighted by Gasteiger charge is 2.32. The maximum Gasteiger partial charge on any atom is 0.239 e. The molecule has 4 N–H and O–H groups in total. The molecule has 3 rings (SSSR count). The molecule has 7 atom stereocenters. The van der Waals surface area contributed by atoms with E-state index in [9.17, 15) is 9.18 Å². The van der Waals surface area contributed by atoms with E-state index in [1.165, 1.54) is 0 Å². The van der Waals surface area contributed by atoms with Gasteiger partial charge in [0, 0.05) is 19.1 Å². The summed E-state index contributed by atoms with van der Waals surface area (Å²) in [7, 11) is 0. The summed E-state index contributed by atoms with van der Waals surface area (Å²) in [6, 6.07) is 0.268. The van der Waals surface area contributed by atoms with E-state index in [0.717, 1.165) is 45.2 Å². The van der Waals surface area contributed by atoms with E-state index >= 15 is 0 Å². The maximum absolute atomic E-state index is 13.5. The Kier molecular flexibility index (Phi) is 6.94. The first kappa shape index (κ1) is 19.3. The summed E-state index contributed by atoms with van der Waals surface area (Å²) in [6.45, 7) is 4.53. The van der Waals surface area contributed by atoms with Crippen molar-refractivity contribution in [1.82, 2.24) is 21.3 Å². The number of alkyl halides is 2. The Hall–Kier alpha value is -0.430. The molecule has 7 unspecified atom stereocenters. The SMILES string of the molecule is CC1CNC(C(=O)NC2CCC(CC3CCC(F)C(Cl)C3)CN2)CN1. The number of carbonyl (C=O) groups excluding carboxylic acids is 1. The molecule has 7 heteroatoms. The molecule has 2 saturated heterocycles. The number of piperidine rings is 1. The molecular weight excluding hydrogens is 343 g/mol. The molecule has 3 fully saturated rings. The van der Waals surface area contributed by atoms with E-state index in [0.29, 0.717) is 30.8 Å². The molecule has 2 heterocycles. The number of rotatable bonds is 4. The lowest BCUT2D eigenvalue weighted by molar-refractivity contribution is -0.124. The van der Waals surface area contributed by atoms with Crippen LogP contribution in [0.2, 0.25) is 0 Å². The third kappa shape index (κ3) is 5.52. The van der Waals surface area contributed by atoms with E-state index in [4.69, 9.17) is 11.6 Å². The Balaban J connectivity index is 1.35. The van der Waals surface area contributed by atoms with Gasteiger partial charge in [-0.25, -0.2) is 4.39 Å². The van der Waals surface area contributed by atoms with Crippen LogP contribution in [-0.4, -0.2) is 55.3 Å². The smallest absolute Gasteiger partial charge is 0.239 e. The van der Waals surface area contributed by atoms with E-state index < -0.39 is 6.17 Å². The Morgan fingerprint density at radius 2 is 1.88 bits per heavy atom. The summed E-state index contributed by atoms with van der Waals surface area (Å²) in [5.74, 6) is 1.22. The van der Waals surface area contributed by atoms with Crippen molar-refractivity contribution in [2.45, 2.75) is 75.2 Å². The molecule has 1 saturated carbocycles. The average Bonchev–Trinajstić information content (AvgIpc) is 2.60. The molecule has 25 heavy (non-hydrogen) atoms. The van der Waals surface area contributed by atoms with Crippen LogP contribution in [0, 0.1) is 11.8 Å². The molecule has 1 aliphatic carbocycles. The van der Waals surface area contributed by atoms with Crippen LogP contribution in [0.15, 0.2) is 0 Å². The second-order valence-electron chi connectivity index (χ2n) is 8.13. The van der Waals surface area contributed by atoms with Gasteiger partial charge in [0.25, 0.3) is 0 Å². The maximum atomic E-state index is 13.5. The van der Waals surface area contributed by atoms with E-state index in [1.54, 1.807) is 0 Å². The lowest BCUT2D eigenvalue weighted by Crippen LogP contribution is -2.61. The Morgan fingerprint density at radius 3 is 2.52 bits per heavy atom. The minimum absolute atomic E-state index is 0.0623. The molecule has 0 bridgehead atoms. The minimum atomic E-state index is -0.826. The van der Waals surface area contributed by atoms with Crippen molar-refractivity contribution in [3.05, 3.63) is 0 Å². The molecule has 144 valence electrons. The second-order valence-corrected chi connectivity index (χ2v) is 8.69. The third-order valence-electron chi connectivity index (χ3n) is 5.96. The molecule has 0 aromatic heterocycles. The first-order valence-corrected chi connectivity index (χ1v) is 10.2. The Labute approximate surface area is 155 Å². The summed E-state index contributed by atoms with van der Waals surface area (Å²) >= 11 is 6.09. The predicted octanol–water partition coefficient (Wildman–Crippen LogP) is 1.51. The van der Waals surface area contributed by atoms with Crippen LogP contribution in [0.25, 0.3) is 0 Å². The summed E-state index contributed by atoms with van der Waals surface area (Å²) < 4.78 is 13.5. The first-order valence-electron chi connectivity index (χ1n) is 9.80. The number of nitrogens with one attached hydrogen (secondary N) is 4. The van der Waals surface area contributed by atoms with Gasteiger partial charge in [-0.3, -0.25) is 10.1 Å². The van der Waals surface area contributed by atoms with E-state index in [-0.39, 0.29) is 23.5 Å². The molecule has 0 aromatic rings. The second kappa shape index (κ2) is 8.98. The van der Waals surface area contributed by atoms with Crippen LogP contribution in [0.1, 0.15) is 45.4 Å². The van der Waals surface area contributed by atoms with Gasteiger partial charge in [0.15, 0.2) is 0 Å². The summed E-state index contributed by atoms with van der Waals surface area (Å²) in [5, 5.41) is 12.9. The van der Waals surface area contributed by atoms with Crippen LogP contribution in [0.4, 0.5) is 4.39 Å². The average molecular weight is 375 g/mol. The number of piperazine rings is 1. The lowest BCUT2D eigenvalue weighted by atomic mass is 9.79. The summed E-state index contributed by atoms with van der Waals surface area (Å²) in [6.07, 6.45) is 4.79. The van der Waals surface area contributed by atoms with Gasteiger partial charge in [0.05, 0.1) is 17.6 Å². The highest BCUT2D eigenvalue weighted by Crippen LogP contribution is 2.35. The van der Waals surface area contributed by atoms with Gasteiger partial charge in [-0.15, -0.1) is 11.6 Å². The quantitative estimate of drug-likeness (QED) is 0.563. The van der Waals surface area contributed by atoms with Crippen LogP contribution >= 0.6 is 11.6 Å². The van der Waals surface area contributed by atoms with Crippen molar-refractivity contribution in [2.24, 2.45) is 11.8 Å². The minimum Gasteiger partial charge on any atom is -0.339 e. The highest BCUT2D eigenvalue weighted by atomic mass is 35.5. The zero-order chi connectivity index (χ0) is 17.8. The molecule has 0 radical (unpaired) electrons. The van der Waals surface area contributed by atoms with Crippen molar-refractivity contribution in [3.8, 4) is 0 Å². The molecule has 3 aliphatic rings. The summed E-state index contributed by atoms with van der Waals surface area (Å²) in [5.41, 5.74) is 0. The first-order chi connectivity index (χ1) is 12.0. The van der Waals surface area contributed by atoms with Crippen molar-refractivity contribution < 1.29 is 9.18 Å². The topological polar surface area (TPSA) is 65.2 Å². The standard InChI is InChI=1S/C18H32ClFN4O/c1-11-8-22-16(10-21-11)18(25)24-17-5-3-13(9-23-17)6-12-2-4-15(20)14(19)7-12/h11-17,21-23H,2-10H2,1H3,(H,24,25). The Morgan fingerprint density at radius 1 is 1.08 bits per heavy atom. The van der Waals surface area contributed by atoms with Gasteiger partial charge in [-0.2, -0.15) is 0 Å². The van der Waals surface area contributed by atoms with Crippen LogP contribution in [0.3, 0.4) is 0 Å². The van der Waals surface area contributed by atoms with Crippen molar-refractivity contribution in [3.63, 3.8) is 0 Å². The highest BCUT2D eigenvalue weighted by molar-refractivity contribution is 6.21. The van der Waals surface area contributed by atoms with E-state index in [1.807, 2.05) is 0 Å². The van der Waals surface area contributed by atoms with Gasteiger partial charge < -0.3 is 16.0 Å². The van der Waals surface area contributed by atoms with Crippen molar-refractivity contribution in [1.29, 1.82) is 0 Å². The molecule has 0 spiro atoms. The third-order valence-corrected chi connectivity index (χ3v) is 6.41. The predicted molar refractivity (Wildman–Crippen MR) is 98.4 cm³/mol.